The van der Waals surface area contributed by atoms with Crippen LogP contribution in [0.25, 0.3) is 0 Å². The van der Waals surface area contributed by atoms with Gasteiger partial charge in [0.25, 0.3) is 0 Å². The van der Waals surface area contributed by atoms with Crippen molar-refractivity contribution in [3.8, 4) is 0 Å². The van der Waals surface area contributed by atoms with Gasteiger partial charge in [0, 0.05) is 12.6 Å². The predicted octanol–water partition coefficient (Wildman–Crippen LogP) is 3.94. The van der Waals surface area contributed by atoms with Crippen molar-refractivity contribution in [2.24, 2.45) is 5.73 Å². The Balaban J connectivity index is 1.80. The Morgan fingerprint density at radius 3 is 2.17 bits per heavy atom. The van der Waals surface area contributed by atoms with Crippen molar-refractivity contribution in [2.75, 3.05) is 19.6 Å². The highest BCUT2D eigenvalue weighted by Crippen LogP contribution is 2.12. The van der Waals surface area contributed by atoms with Crippen LogP contribution in [0.3, 0.4) is 0 Å². The van der Waals surface area contributed by atoms with Crippen LogP contribution in [0.2, 0.25) is 0 Å². The average molecular weight is 254 g/mol. The number of nitrogens with two attached hydrogens (primary N) is 1. The minimum atomic E-state index is 0.442. The molecule has 18 heavy (non-hydrogen) atoms. The first-order valence-electron chi connectivity index (χ1n) is 8.31. The molecule has 0 amide bonds. The second-order valence-corrected chi connectivity index (χ2v) is 6.03. The van der Waals surface area contributed by atoms with Crippen LogP contribution in [0.4, 0.5) is 0 Å². The Labute approximate surface area is 114 Å². The molecule has 2 nitrogen and oxygen atoms in total. The molecule has 2 N–H and O–H groups in total. The first-order chi connectivity index (χ1) is 8.83. The fourth-order valence-corrected chi connectivity index (χ4v) is 2.94. The standard InChI is InChI=1S/C16H34N2/c1-2-3-4-5-6-7-8-9-10-13-18-14-11-12-16(17)15-18/h16H,2-15,17H2,1H3/t16-/m1/s1. The van der Waals surface area contributed by atoms with Crippen molar-refractivity contribution < 1.29 is 0 Å². The highest BCUT2D eigenvalue weighted by molar-refractivity contribution is 4.74. The molecule has 108 valence electrons. The van der Waals surface area contributed by atoms with Crippen LogP contribution >= 0.6 is 0 Å². The summed E-state index contributed by atoms with van der Waals surface area (Å²) in [4.78, 5) is 2.56. The lowest BCUT2D eigenvalue weighted by Gasteiger charge is -2.30. The average Bonchev–Trinajstić information content (AvgIpc) is 2.37. The zero-order valence-electron chi connectivity index (χ0n) is 12.5. The summed E-state index contributed by atoms with van der Waals surface area (Å²) < 4.78 is 0. The molecule has 1 fully saturated rings. The van der Waals surface area contributed by atoms with E-state index in [1.165, 1.54) is 83.7 Å². The SMILES string of the molecule is CCCCCCCCCCCN1CCC[C@@H](N)C1. The van der Waals surface area contributed by atoms with Crippen molar-refractivity contribution in [1.29, 1.82) is 0 Å². The molecule has 0 aliphatic carbocycles. The number of hydrogen-bond donors (Lipinski definition) is 1. The summed E-state index contributed by atoms with van der Waals surface area (Å²) in [5, 5.41) is 0. The molecule has 0 radical (unpaired) electrons. The summed E-state index contributed by atoms with van der Waals surface area (Å²) in [7, 11) is 0. The number of unbranched alkanes of at least 4 members (excludes halogenated alkanes) is 8. The van der Waals surface area contributed by atoms with Gasteiger partial charge < -0.3 is 10.6 Å². The molecule has 2 heteroatoms. The van der Waals surface area contributed by atoms with Crippen LogP contribution < -0.4 is 5.73 Å². The summed E-state index contributed by atoms with van der Waals surface area (Å²) in [6.45, 7) is 5.98. The second kappa shape index (κ2) is 10.8. The number of nitrogens with zero attached hydrogens (tertiary/aromatic N) is 1. The minimum absolute atomic E-state index is 0.442. The topological polar surface area (TPSA) is 29.3 Å². The van der Waals surface area contributed by atoms with Crippen LogP contribution in [0.15, 0.2) is 0 Å². The van der Waals surface area contributed by atoms with Gasteiger partial charge in [-0.05, 0) is 32.4 Å². The van der Waals surface area contributed by atoms with Crippen LogP contribution in [0.5, 0.6) is 0 Å². The third kappa shape index (κ3) is 8.10. The highest BCUT2D eigenvalue weighted by atomic mass is 15.1. The third-order valence-electron chi connectivity index (χ3n) is 4.12. The zero-order chi connectivity index (χ0) is 13.1. The van der Waals surface area contributed by atoms with E-state index in [-0.39, 0.29) is 0 Å². The lowest BCUT2D eigenvalue weighted by molar-refractivity contribution is 0.205. The molecule has 1 atom stereocenters. The Kier molecular flexibility index (Phi) is 9.59. The van der Waals surface area contributed by atoms with Crippen LogP contribution in [-0.2, 0) is 0 Å². The van der Waals surface area contributed by atoms with Crippen molar-refractivity contribution >= 4 is 0 Å². The zero-order valence-corrected chi connectivity index (χ0v) is 12.5. The van der Waals surface area contributed by atoms with Crippen molar-refractivity contribution in [2.45, 2.75) is 83.6 Å². The van der Waals surface area contributed by atoms with Gasteiger partial charge in [-0.1, -0.05) is 58.3 Å². The maximum atomic E-state index is 5.99. The molecule has 0 saturated carbocycles. The van der Waals surface area contributed by atoms with Gasteiger partial charge in [0.15, 0.2) is 0 Å². The molecular formula is C16H34N2. The summed E-state index contributed by atoms with van der Waals surface area (Å²) in [5.41, 5.74) is 5.99. The first-order valence-corrected chi connectivity index (χ1v) is 8.31. The molecule has 1 heterocycles. The number of likely N-dealkylation sites (tertiary alicyclic amines) is 1. The van der Waals surface area contributed by atoms with E-state index >= 15 is 0 Å². The van der Waals surface area contributed by atoms with Crippen LogP contribution in [-0.4, -0.2) is 30.6 Å². The van der Waals surface area contributed by atoms with Crippen molar-refractivity contribution in [1.82, 2.24) is 4.90 Å². The van der Waals surface area contributed by atoms with Crippen LogP contribution in [0.1, 0.15) is 77.6 Å². The van der Waals surface area contributed by atoms with Crippen LogP contribution in [0, 0.1) is 0 Å². The number of rotatable bonds is 10. The lowest BCUT2D eigenvalue weighted by atomic mass is 10.1. The van der Waals surface area contributed by atoms with E-state index < -0.39 is 0 Å². The summed E-state index contributed by atoms with van der Waals surface area (Å²) in [6, 6.07) is 0.442. The van der Waals surface area contributed by atoms with Crippen molar-refractivity contribution in [3.63, 3.8) is 0 Å². The van der Waals surface area contributed by atoms with Gasteiger partial charge in [-0.3, -0.25) is 0 Å². The molecule has 0 aromatic rings. The Morgan fingerprint density at radius 2 is 1.56 bits per heavy atom. The fraction of sp³-hybridized carbons (Fsp3) is 1.00. The monoisotopic (exact) mass is 254 g/mol. The largest absolute Gasteiger partial charge is 0.327 e. The number of piperidine rings is 1. The van der Waals surface area contributed by atoms with Crippen molar-refractivity contribution in [3.05, 3.63) is 0 Å². The molecule has 0 aromatic heterocycles. The van der Waals surface area contributed by atoms with Gasteiger partial charge >= 0.3 is 0 Å². The summed E-state index contributed by atoms with van der Waals surface area (Å²) >= 11 is 0. The molecular weight excluding hydrogens is 220 g/mol. The third-order valence-corrected chi connectivity index (χ3v) is 4.12. The predicted molar refractivity (Wildman–Crippen MR) is 80.9 cm³/mol. The minimum Gasteiger partial charge on any atom is -0.327 e. The van der Waals surface area contributed by atoms with Gasteiger partial charge in [0.05, 0.1) is 0 Å². The smallest absolute Gasteiger partial charge is 0.0168 e. The number of hydrogen-bond acceptors (Lipinski definition) is 2. The van der Waals surface area contributed by atoms with E-state index in [1.54, 1.807) is 0 Å². The molecule has 0 spiro atoms. The maximum Gasteiger partial charge on any atom is 0.0168 e. The van der Waals surface area contributed by atoms with Gasteiger partial charge in [0.2, 0.25) is 0 Å². The Hall–Kier alpha value is -0.0800. The molecule has 1 aliphatic rings. The Bertz CT molecular complexity index is 182. The second-order valence-electron chi connectivity index (χ2n) is 6.03. The quantitative estimate of drug-likeness (QED) is 0.598. The molecule has 0 bridgehead atoms. The molecule has 1 aliphatic heterocycles. The van der Waals surface area contributed by atoms with E-state index in [9.17, 15) is 0 Å². The fourth-order valence-electron chi connectivity index (χ4n) is 2.94. The van der Waals surface area contributed by atoms with Gasteiger partial charge in [-0.2, -0.15) is 0 Å². The molecule has 1 saturated heterocycles. The van der Waals surface area contributed by atoms with E-state index in [2.05, 4.69) is 11.8 Å². The lowest BCUT2D eigenvalue weighted by Crippen LogP contribution is -2.43. The van der Waals surface area contributed by atoms with Gasteiger partial charge in [-0.15, -0.1) is 0 Å². The van der Waals surface area contributed by atoms with Gasteiger partial charge in [-0.25, -0.2) is 0 Å². The van der Waals surface area contributed by atoms with E-state index in [1.807, 2.05) is 0 Å². The molecule has 1 rings (SSSR count). The van der Waals surface area contributed by atoms with Gasteiger partial charge in [0.1, 0.15) is 0 Å². The normalized spacial score (nSPS) is 21.3. The van der Waals surface area contributed by atoms with E-state index in [0.717, 1.165) is 6.54 Å². The molecule has 0 aromatic carbocycles. The first kappa shape index (κ1) is 16.0. The summed E-state index contributed by atoms with van der Waals surface area (Å²) in [6.07, 6.45) is 15.3. The van der Waals surface area contributed by atoms with E-state index in [0.29, 0.717) is 6.04 Å². The molecule has 0 unspecified atom stereocenters. The maximum absolute atomic E-state index is 5.99. The Morgan fingerprint density at radius 1 is 0.944 bits per heavy atom. The highest BCUT2D eigenvalue weighted by Gasteiger charge is 2.15. The van der Waals surface area contributed by atoms with E-state index in [4.69, 9.17) is 5.73 Å². The summed E-state index contributed by atoms with van der Waals surface area (Å²) in [5.74, 6) is 0.